The Morgan fingerprint density at radius 1 is 0.562 bits per heavy atom. The molecule has 0 spiro atoms. The fourth-order valence-corrected chi connectivity index (χ4v) is 3.53. The summed E-state index contributed by atoms with van der Waals surface area (Å²) in [5.41, 5.74) is 3.20. The molecule has 0 saturated heterocycles. The van der Waals surface area contributed by atoms with Crippen molar-refractivity contribution in [3.05, 3.63) is 81.7 Å². The van der Waals surface area contributed by atoms with E-state index in [2.05, 4.69) is 73.2 Å². The van der Waals surface area contributed by atoms with Crippen molar-refractivity contribution in [3.8, 4) is 5.75 Å². The monoisotopic (exact) mass is 563 g/mol. The largest absolute Gasteiger partial charge is 0.491 e. The third-order valence-electron chi connectivity index (χ3n) is 4.56. The summed E-state index contributed by atoms with van der Waals surface area (Å²) in [7, 11) is 1.66. The Bertz CT molecular complexity index is 873. The summed E-state index contributed by atoms with van der Waals surface area (Å²) >= 11 is 7.03. The van der Waals surface area contributed by atoms with Gasteiger partial charge >= 0.3 is 0 Å². The number of methoxy groups -OCH3 is 1. The number of nitrogens with zero attached hydrogens (tertiary/aromatic N) is 1. The summed E-state index contributed by atoms with van der Waals surface area (Å²) < 4.78 is 23.7. The third kappa shape index (κ3) is 7.90. The number of hydrogen-bond acceptors (Lipinski definition) is 5. The van der Waals surface area contributed by atoms with Gasteiger partial charge in [-0.3, -0.25) is 0 Å². The van der Waals surface area contributed by atoms with Gasteiger partial charge in [0.1, 0.15) is 12.4 Å². The van der Waals surface area contributed by atoms with Crippen molar-refractivity contribution in [1.82, 2.24) is 0 Å². The zero-order chi connectivity index (χ0) is 22.6. The lowest BCUT2D eigenvalue weighted by molar-refractivity contribution is 0.0180. The summed E-state index contributed by atoms with van der Waals surface area (Å²) in [5.74, 6) is 0.806. The van der Waals surface area contributed by atoms with Crippen LogP contribution >= 0.6 is 31.9 Å². The fraction of sp³-hybridized carbons (Fsp3) is 0.280. The van der Waals surface area contributed by atoms with Crippen LogP contribution < -0.4 is 9.64 Å². The van der Waals surface area contributed by atoms with Gasteiger partial charge in [0.25, 0.3) is 0 Å². The Labute approximate surface area is 206 Å². The van der Waals surface area contributed by atoms with Gasteiger partial charge in [-0.05, 0) is 72.8 Å². The molecule has 0 unspecified atom stereocenters. The summed E-state index contributed by atoms with van der Waals surface area (Å²) in [6.45, 7) is 3.28. The summed E-state index contributed by atoms with van der Waals surface area (Å²) in [6, 6.07) is 24.6. The molecule has 3 rings (SSSR count). The first kappa shape index (κ1) is 24.7. The molecule has 3 aromatic carbocycles. The minimum absolute atomic E-state index is 0.487. The normalized spacial score (nSPS) is 10.8. The highest BCUT2D eigenvalue weighted by Crippen LogP contribution is 2.36. The molecular weight excluding hydrogens is 538 g/mol. The van der Waals surface area contributed by atoms with E-state index in [9.17, 15) is 0 Å². The van der Waals surface area contributed by atoms with E-state index in [0.717, 1.165) is 31.8 Å². The van der Waals surface area contributed by atoms with Crippen molar-refractivity contribution in [2.24, 2.45) is 0 Å². The second kappa shape index (κ2) is 13.6. The number of halogens is 2. The first-order chi connectivity index (χ1) is 15.7. The zero-order valence-electron chi connectivity index (χ0n) is 18.0. The van der Waals surface area contributed by atoms with Gasteiger partial charge in [-0.1, -0.05) is 31.9 Å². The maximum atomic E-state index is 5.81. The molecule has 7 heteroatoms. The van der Waals surface area contributed by atoms with Crippen LogP contribution in [0.1, 0.15) is 0 Å². The first-order valence-corrected chi connectivity index (χ1v) is 11.9. The predicted octanol–water partition coefficient (Wildman–Crippen LogP) is 6.74. The van der Waals surface area contributed by atoms with Gasteiger partial charge in [-0.15, -0.1) is 0 Å². The Kier molecular flexibility index (Phi) is 10.5. The highest BCUT2D eigenvalue weighted by molar-refractivity contribution is 9.10. The molecule has 0 atom stereocenters. The van der Waals surface area contributed by atoms with Gasteiger partial charge in [-0.25, -0.2) is 0 Å². The number of hydrogen-bond donors (Lipinski definition) is 0. The van der Waals surface area contributed by atoms with Crippen molar-refractivity contribution >= 4 is 48.9 Å². The molecule has 0 heterocycles. The van der Waals surface area contributed by atoms with E-state index in [-0.39, 0.29) is 0 Å². The van der Waals surface area contributed by atoms with E-state index in [1.54, 1.807) is 7.11 Å². The smallest absolute Gasteiger partial charge is 0.119 e. The second-order valence-corrected chi connectivity index (χ2v) is 8.68. The lowest BCUT2D eigenvalue weighted by atomic mass is 10.2. The van der Waals surface area contributed by atoms with Gasteiger partial charge in [0, 0.05) is 33.1 Å². The van der Waals surface area contributed by atoms with Crippen molar-refractivity contribution in [2.45, 2.75) is 0 Å². The minimum atomic E-state index is 0.487. The quantitative estimate of drug-likeness (QED) is 0.215. The number of anilines is 3. The molecule has 170 valence electrons. The molecule has 0 aliphatic rings. The first-order valence-electron chi connectivity index (χ1n) is 10.4. The zero-order valence-corrected chi connectivity index (χ0v) is 21.2. The van der Waals surface area contributed by atoms with E-state index in [4.69, 9.17) is 18.9 Å². The van der Waals surface area contributed by atoms with Crippen LogP contribution in [0.2, 0.25) is 0 Å². The van der Waals surface area contributed by atoms with Crippen LogP contribution in [0.5, 0.6) is 5.75 Å². The topological polar surface area (TPSA) is 40.2 Å². The second-order valence-electron chi connectivity index (χ2n) is 6.85. The van der Waals surface area contributed by atoms with Crippen LogP contribution in [0.25, 0.3) is 0 Å². The average molecular weight is 565 g/mol. The van der Waals surface area contributed by atoms with Gasteiger partial charge < -0.3 is 23.8 Å². The molecule has 0 amide bonds. The van der Waals surface area contributed by atoms with Crippen LogP contribution in [-0.4, -0.2) is 46.8 Å². The third-order valence-corrected chi connectivity index (χ3v) is 5.62. The van der Waals surface area contributed by atoms with Crippen molar-refractivity contribution in [1.29, 1.82) is 0 Å². The van der Waals surface area contributed by atoms with E-state index >= 15 is 0 Å². The van der Waals surface area contributed by atoms with Gasteiger partial charge in [0.2, 0.25) is 0 Å². The van der Waals surface area contributed by atoms with Crippen LogP contribution in [0, 0.1) is 0 Å². The summed E-state index contributed by atoms with van der Waals surface area (Å²) in [4.78, 5) is 2.20. The standard InChI is InChI=1S/C25H27Br2NO4/c1-29-14-15-30-16-17-31-18-19-32-25-12-10-24(11-13-25)28(22-6-2-20(26)3-7-22)23-8-4-21(27)5-9-23/h2-13H,14-19H2,1H3. The maximum absolute atomic E-state index is 5.81. The molecule has 0 bridgehead atoms. The summed E-state index contributed by atoms with van der Waals surface area (Å²) in [6.07, 6.45) is 0. The van der Waals surface area contributed by atoms with Gasteiger partial charge in [0.15, 0.2) is 0 Å². The highest BCUT2D eigenvalue weighted by Gasteiger charge is 2.12. The Morgan fingerprint density at radius 3 is 1.44 bits per heavy atom. The minimum Gasteiger partial charge on any atom is -0.491 e. The molecule has 0 N–H and O–H groups in total. The number of rotatable bonds is 13. The molecular formula is C25H27Br2NO4. The van der Waals surface area contributed by atoms with E-state index in [0.29, 0.717) is 39.6 Å². The Balaban J connectivity index is 1.57. The van der Waals surface area contributed by atoms with Crippen LogP contribution in [-0.2, 0) is 14.2 Å². The molecule has 0 radical (unpaired) electrons. The predicted molar refractivity (Wildman–Crippen MR) is 136 cm³/mol. The molecule has 0 aliphatic carbocycles. The fourth-order valence-electron chi connectivity index (χ4n) is 3.00. The molecule has 32 heavy (non-hydrogen) atoms. The van der Waals surface area contributed by atoms with E-state index in [1.807, 2.05) is 36.4 Å². The molecule has 0 saturated carbocycles. The SMILES string of the molecule is COCCOCCOCCOc1ccc(N(c2ccc(Br)cc2)c2ccc(Br)cc2)cc1. The van der Waals surface area contributed by atoms with Crippen LogP contribution in [0.3, 0.4) is 0 Å². The number of ether oxygens (including phenoxy) is 4. The highest BCUT2D eigenvalue weighted by atomic mass is 79.9. The van der Waals surface area contributed by atoms with E-state index < -0.39 is 0 Å². The Hall–Kier alpha value is -1.90. The number of benzene rings is 3. The van der Waals surface area contributed by atoms with Crippen molar-refractivity contribution < 1.29 is 18.9 Å². The Morgan fingerprint density at radius 2 is 0.969 bits per heavy atom. The lowest BCUT2D eigenvalue weighted by Gasteiger charge is -2.25. The average Bonchev–Trinajstić information content (AvgIpc) is 2.81. The van der Waals surface area contributed by atoms with E-state index in [1.165, 1.54) is 0 Å². The molecule has 5 nitrogen and oxygen atoms in total. The maximum Gasteiger partial charge on any atom is 0.119 e. The molecule has 3 aromatic rings. The molecule has 0 aromatic heterocycles. The van der Waals surface area contributed by atoms with Crippen molar-refractivity contribution in [3.63, 3.8) is 0 Å². The molecule has 0 fully saturated rings. The van der Waals surface area contributed by atoms with Crippen molar-refractivity contribution in [2.75, 3.05) is 51.7 Å². The van der Waals surface area contributed by atoms with Gasteiger partial charge in [-0.2, -0.15) is 0 Å². The van der Waals surface area contributed by atoms with Crippen LogP contribution in [0.4, 0.5) is 17.1 Å². The lowest BCUT2D eigenvalue weighted by Crippen LogP contribution is -2.12. The van der Waals surface area contributed by atoms with Crippen LogP contribution in [0.15, 0.2) is 81.7 Å². The molecule has 0 aliphatic heterocycles. The van der Waals surface area contributed by atoms with Gasteiger partial charge in [0.05, 0.1) is 33.0 Å². The summed E-state index contributed by atoms with van der Waals surface area (Å²) in [5, 5.41) is 0.